The third kappa shape index (κ3) is 4.42. The average Bonchev–Trinajstić information content (AvgIpc) is 3.38. The van der Waals surface area contributed by atoms with E-state index in [4.69, 9.17) is 4.74 Å². The zero-order valence-corrected chi connectivity index (χ0v) is 20.6. The molecule has 0 saturated carbocycles. The van der Waals surface area contributed by atoms with Gasteiger partial charge >= 0.3 is 11.9 Å². The van der Waals surface area contributed by atoms with Crippen LogP contribution in [0.25, 0.3) is 0 Å². The lowest BCUT2D eigenvalue weighted by molar-refractivity contribution is -0.384. The van der Waals surface area contributed by atoms with E-state index >= 15 is 0 Å². The monoisotopic (exact) mass is 529 g/mol. The first-order valence-electron chi connectivity index (χ1n) is 12.1. The van der Waals surface area contributed by atoms with Crippen LogP contribution < -0.4 is 15.0 Å². The highest BCUT2D eigenvalue weighted by atomic mass is 16.6. The lowest BCUT2D eigenvalue weighted by Crippen LogP contribution is -2.57. The number of anilines is 1. The minimum Gasteiger partial charge on any atom is -0.480 e. The van der Waals surface area contributed by atoms with Crippen LogP contribution in [0.2, 0.25) is 0 Å². The number of ether oxygens (including phenoxy) is 1. The summed E-state index contributed by atoms with van der Waals surface area (Å²) in [5.74, 6) is -5.39. The maximum atomic E-state index is 13.9. The number of aliphatic carboxylic acids is 1. The molecule has 11 heteroatoms. The van der Waals surface area contributed by atoms with Crippen LogP contribution in [-0.2, 0) is 25.6 Å². The molecule has 2 aliphatic heterocycles. The molecule has 0 aliphatic carbocycles. The zero-order chi connectivity index (χ0) is 27.9. The maximum absolute atomic E-state index is 13.9. The highest BCUT2D eigenvalue weighted by molar-refractivity contribution is 6.24. The second-order valence-corrected chi connectivity index (χ2v) is 9.52. The number of carboxylic acids is 1. The van der Waals surface area contributed by atoms with Crippen LogP contribution in [0.15, 0.2) is 78.9 Å². The number of esters is 1. The molecule has 3 aromatic rings. The van der Waals surface area contributed by atoms with Gasteiger partial charge in [-0.25, -0.2) is 4.90 Å². The Morgan fingerprint density at radius 3 is 2.33 bits per heavy atom. The summed E-state index contributed by atoms with van der Waals surface area (Å²) >= 11 is 0. The van der Waals surface area contributed by atoms with Gasteiger partial charge < -0.3 is 9.84 Å². The Bertz CT molecular complexity index is 1490. The van der Waals surface area contributed by atoms with Gasteiger partial charge in [0.15, 0.2) is 0 Å². The molecule has 4 unspecified atom stereocenters. The van der Waals surface area contributed by atoms with Crippen molar-refractivity contribution in [3.8, 4) is 5.75 Å². The molecule has 5 rings (SSSR count). The second-order valence-electron chi connectivity index (χ2n) is 9.52. The number of fused-ring (bicyclic) bond motifs is 1. The van der Waals surface area contributed by atoms with E-state index in [0.29, 0.717) is 11.1 Å². The molecular formula is C28H23N3O8. The fourth-order valence-corrected chi connectivity index (χ4v) is 5.55. The summed E-state index contributed by atoms with van der Waals surface area (Å²) in [5.41, 5.74) is -1.01. The topological polar surface area (TPSA) is 156 Å². The number of rotatable bonds is 7. The number of hydrogen-bond acceptors (Lipinski definition) is 8. The van der Waals surface area contributed by atoms with Crippen molar-refractivity contribution in [2.75, 3.05) is 4.90 Å². The maximum Gasteiger partial charge on any atom is 0.325 e. The highest BCUT2D eigenvalue weighted by Crippen LogP contribution is 2.51. The number of nitro groups is 1. The van der Waals surface area contributed by atoms with Gasteiger partial charge in [0, 0.05) is 31.5 Å². The van der Waals surface area contributed by atoms with E-state index in [2.05, 4.69) is 5.32 Å². The van der Waals surface area contributed by atoms with Crippen LogP contribution in [-0.4, -0.2) is 39.3 Å². The van der Waals surface area contributed by atoms with E-state index in [1.54, 1.807) is 42.5 Å². The highest BCUT2D eigenvalue weighted by Gasteiger charge is 2.68. The Morgan fingerprint density at radius 2 is 1.72 bits per heavy atom. The number of nitrogens with one attached hydrogen (secondary N) is 1. The number of nitrogens with zero attached hydrogens (tertiary/aromatic N) is 2. The van der Waals surface area contributed by atoms with Gasteiger partial charge in [-0.1, -0.05) is 48.5 Å². The molecule has 2 saturated heterocycles. The van der Waals surface area contributed by atoms with Crippen LogP contribution in [0.5, 0.6) is 5.75 Å². The number of benzene rings is 3. The summed E-state index contributed by atoms with van der Waals surface area (Å²) in [6.07, 6.45) is -0.0891. The molecule has 0 radical (unpaired) electrons. The molecule has 0 spiro atoms. The van der Waals surface area contributed by atoms with Gasteiger partial charge in [-0.2, -0.15) is 0 Å². The number of amides is 2. The number of nitro benzene ring substituents is 1. The van der Waals surface area contributed by atoms with Crippen LogP contribution in [0.1, 0.15) is 24.1 Å². The molecule has 2 aliphatic rings. The fourth-order valence-electron chi connectivity index (χ4n) is 5.55. The molecule has 2 fully saturated rings. The third-order valence-corrected chi connectivity index (χ3v) is 7.16. The first-order valence-corrected chi connectivity index (χ1v) is 12.1. The predicted octanol–water partition coefficient (Wildman–Crippen LogP) is 3.04. The van der Waals surface area contributed by atoms with Crippen molar-refractivity contribution < 1.29 is 33.9 Å². The lowest BCUT2D eigenvalue weighted by atomic mass is 9.76. The third-order valence-electron chi connectivity index (χ3n) is 7.16. The molecular weight excluding hydrogens is 506 g/mol. The molecule has 2 amide bonds. The summed E-state index contributed by atoms with van der Waals surface area (Å²) in [7, 11) is 0. The quantitative estimate of drug-likeness (QED) is 0.154. The van der Waals surface area contributed by atoms with Gasteiger partial charge in [0.25, 0.3) is 5.69 Å². The number of carboxylic acid groups (broad SMARTS) is 1. The summed E-state index contributed by atoms with van der Waals surface area (Å²) in [6, 6.07) is 19.2. The summed E-state index contributed by atoms with van der Waals surface area (Å²) in [4.78, 5) is 63.6. The molecule has 0 aromatic heterocycles. The molecule has 4 atom stereocenters. The molecule has 11 nitrogen and oxygen atoms in total. The normalized spacial score (nSPS) is 23.9. The number of hydrogen-bond donors (Lipinski definition) is 2. The average molecular weight is 530 g/mol. The van der Waals surface area contributed by atoms with E-state index in [9.17, 15) is 34.4 Å². The second kappa shape index (κ2) is 9.76. The van der Waals surface area contributed by atoms with Gasteiger partial charge in [0.1, 0.15) is 11.3 Å². The molecule has 2 N–H and O–H groups in total. The standard InChI is InChI=1S/C28H23N3O8/c1-16(32)39-21-12-10-18(11-13-21)24-22-23(28(29-24,27(35)36)15-17-6-3-2-4-7-17)26(34)30(25(22)33)19-8-5-9-20(14-19)31(37)38/h2-14,22-24,29H,15H2,1H3,(H,35,36). The minimum atomic E-state index is -1.85. The Labute approximate surface area is 222 Å². The van der Waals surface area contributed by atoms with Crippen LogP contribution in [0.4, 0.5) is 11.4 Å². The SMILES string of the molecule is CC(=O)Oc1ccc(C2NC(Cc3ccccc3)(C(=O)O)C3C(=O)N(c4cccc([N+](=O)[O-])c4)C(=O)C23)cc1. The Morgan fingerprint density at radius 1 is 1.03 bits per heavy atom. The fraction of sp³-hybridized carbons (Fsp3) is 0.214. The van der Waals surface area contributed by atoms with Crippen molar-refractivity contribution in [2.45, 2.75) is 24.9 Å². The zero-order valence-electron chi connectivity index (χ0n) is 20.6. The smallest absolute Gasteiger partial charge is 0.325 e. The van der Waals surface area contributed by atoms with Crippen LogP contribution in [0.3, 0.4) is 0 Å². The van der Waals surface area contributed by atoms with Gasteiger partial charge in [-0.3, -0.25) is 34.6 Å². The van der Waals surface area contributed by atoms with Crippen molar-refractivity contribution in [1.29, 1.82) is 0 Å². The van der Waals surface area contributed by atoms with Crippen molar-refractivity contribution in [2.24, 2.45) is 11.8 Å². The molecule has 2 heterocycles. The van der Waals surface area contributed by atoms with E-state index in [1.165, 1.54) is 37.3 Å². The minimum absolute atomic E-state index is 0.00319. The Balaban J connectivity index is 1.62. The number of non-ortho nitro benzene ring substituents is 1. The Hall–Kier alpha value is -4.90. The van der Waals surface area contributed by atoms with Gasteiger partial charge in [0.05, 0.1) is 22.4 Å². The largest absolute Gasteiger partial charge is 0.480 e. The van der Waals surface area contributed by atoms with E-state index in [1.807, 2.05) is 0 Å². The van der Waals surface area contributed by atoms with E-state index in [-0.39, 0.29) is 23.5 Å². The van der Waals surface area contributed by atoms with E-state index in [0.717, 1.165) is 11.0 Å². The first kappa shape index (κ1) is 25.7. The van der Waals surface area contributed by atoms with E-state index < -0.39 is 52.1 Å². The first-order chi connectivity index (χ1) is 18.6. The number of carbonyl (C=O) groups is 4. The van der Waals surface area contributed by atoms with Crippen LogP contribution >= 0.6 is 0 Å². The van der Waals surface area contributed by atoms with Gasteiger partial charge in [-0.05, 0) is 29.3 Å². The summed E-state index contributed by atoms with van der Waals surface area (Å²) in [5, 5.41) is 25.0. The number of carbonyl (C=O) groups excluding carboxylic acids is 3. The summed E-state index contributed by atoms with van der Waals surface area (Å²) < 4.78 is 5.08. The van der Waals surface area contributed by atoms with Gasteiger partial charge in [-0.15, -0.1) is 0 Å². The van der Waals surface area contributed by atoms with Gasteiger partial charge in [0.2, 0.25) is 11.8 Å². The molecule has 3 aromatic carbocycles. The van der Waals surface area contributed by atoms with Crippen molar-refractivity contribution in [3.05, 3.63) is 100 Å². The van der Waals surface area contributed by atoms with Crippen molar-refractivity contribution in [1.82, 2.24) is 5.32 Å². The van der Waals surface area contributed by atoms with Crippen molar-refractivity contribution >= 4 is 35.1 Å². The molecule has 39 heavy (non-hydrogen) atoms. The lowest BCUT2D eigenvalue weighted by Gasteiger charge is -2.31. The Kier molecular flexibility index (Phi) is 6.44. The predicted molar refractivity (Wildman–Crippen MR) is 137 cm³/mol. The summed E-state index contributed by atoms with van der Waals surface area (Å²) in [6.45, 7) is 1.26. The van der Waals surface area contributed by atoms with Crippen LogP contribution in [0, 0.1) is 22.0 Å². The number of imide groups is 1. The molecule has 0 bridgehead atoms. The molecule has 198 valence electrons. The van der Waals surface area contributed by atoms with Crippen molar-refractivity contribution in [3.63, 3.8) is 0 Å².